The number of ether oxygens (including phenoxy) is 3. The Morgan fingerprint density at radius 3 is 2.67 bits per heavy atom. The quantitative estimate of drug-likeness (QED) is 0.460. The summed E-state index contributed by atoms with van der Waals surface area (Å²) in [7, 11) is 4.91. The maximum Gasteiger partial charge on any atom is 0.195 e. The van der Waals surface area contributed by atoms with E-state index in [2.05, 4.69) is 20.6 Å². The average Bonchev–Trinajstić information content (AvgIpc) is 2.64. The lowest BCUT2D eigenvalue weighted by molar-refractivity contribution is 0.321. The molecule has 0 atom stereocenters. The molecule has 1 aromatic heterocycles. The molecule has 2 rings (SSSR count). The van der Waals surface area contributed by atoms with Gasteiger partial charge in [0.1, 0.15) is 12.4 Å². The molecular weight excluding hydrogens is 308 g/mol. The predicted molar refractivity (Wildman–Crippen MR) is 94.3 cm³/mol. The van der Waals surface area contributed by atoms with E-state index in [-0.39, 0.29) is 0 Å². The molecule has 0 aliphatic rings. The van der Waals surface area contributed by atoms with Gasteiger partial charge in [0, 0.05) is 25.0 Å². The number of methoxy groups -OCH3 is 2. The van der Waals surface area contributed by atoms with Crippen molar-refractivity contribution >= 4 is 11.6 Å². The summed E-state index contributed by atoms with van der Waals surface area (Å²) in [5.41, 5.74) is 0.842. The van der Waals surface area contributed by atoms with E-state index < -0.39 is 0 Å². The molecule has 2 N–H and O–H groups in total. The lowest BCUT2D eigenvalue weighted by Crippen LogP contribution is -2.33. The van der Waals surface area contributed by atoms with Gasteiger partial charge in [-0.3, -0.25) is 9.98 Å². The fourth-order valence-corrected chi connectivity index (χ4v) is 2.00. The molecule has 0 aliphatic heterocycles. The van der Waals surface area contributed by atoms with Crippen molar-refractivity contribution in [3.8, 4) is 17.2 Å². The largest absolute Gasteiger partial charge is 0.493 e. The summed E-state index contributed by atoms with van der Waals surface area (Å²) in [6, 6.07) is 9.27. The van der Waals surface area contributed by atoms with Crippen molar-refractivity contribution < 1.29 is 14.2 Å². The lowest BCUT2D eigenvalue weighted by atomic mass is 10.3. The first-order chi connectivity index (χ1) is 11.8. The number of nitrogens with one attached hydrogen (secondary N) is 2. The minimum Gasteiger partial charge on any atom is -0.493 e. The van der Waals surface area contributed by atoms with Crippen LogP contribution in [0.1, 0.15) is 0 Å². The van der Waals surface area contributed by atoms with Crippen molar-refractivity contribution in [2.45, 2.75) is 0 Å². The minimum absolute atomic E-state index is 0.498. The van der Waals surface area contributed by atoms with Crippen molar-refractivity contribution in [1.29, 1.82) is 0 Å². The second-order valence-corrected chi connectivity index (χ2v) is 4.73. The van der Waals surface area contributed by atoms with Crippen molar-refractivity contribution in [3.05, 3.63) is 42.7 Å². The first-order valence-electron chi connectivity index (χ1n) is 7.49. The number of anilines is 1. The number of pyridine rings is 1. The molecule has 0 radical (unpaired) electrons. The molecule has 0 fully saturated rings. The maximum absolute atomic E-state index is 5.57. The molecule has 7 heteroatoms. The molecule has 24 heavy (non-hydrogen) atoms. The van der Waals surface area contributed by atoms with Crippen LogP contribution in [0.15, 0.2) is 47.7 Å². The predicted octanol–water partition coefficient (Wildman–Crippen LogP) is 2.17. The molecule has 0 bridgehead atoms. The number of benzene rings is 1. The zero-order valence-electron chi connectivity index (χ0n) is 14.1. The van der Waals surface area contributed by atoms with E-state index in [1.165, 1.54) is 0 Å². The lowest BCUT2D eigenvalue weighted by Gasteiger charge is -2.14. The van der Waals surface area contributed by atoms with Gasteiger partial charge in [-0.2, -0.15) is 0 Å². The maximum atomic E-state index is 5.57. The van der Waals surface area contributed by atoms with Gasteiger partial charge in [-0.1, -0.05) is 0 Å². The van der Waals surface area contributed by atoms with Crippen LogP contribution >= 0.6 is 0 Å². The summed E-state index contributed by atoms with van der Waals surface area (Å²) >= 11 is 0. The van der Waals surface area contributed by atoms with Crippen LogP contribution in [0.2, 0.25) is 0 Å². The third kappa shape index (κ3) is 5.05. The zero-order valence-corrected chi connectivity index (χ0v) is 14.1. The number of aromatic nitrogens is 1. The van der Waals surface area contributed by atoms with Crippen LogP contribution in [0.25, 0.3) is 0 Å². The standard InChI is InChI=1S/C17H22N4O3/c1-18-17(20-9-10-24-14-5-4-8-19-12-14)21-13-6-7-15(22-2)16(11-13)23-3/h4-8,11-12H,9-10H2,1-3H3,(H2,18,20,21). The van der Waals surface area contributed by atoms with Gasteiger partial charge in [0.05, 0.1) is 27.0 Å². The Morgan fingerprint density at radius 1 is 1.17 bits per heavy atom. The Labute approximate surface area is 141 Å². The summed E-state index contributed by atoms with van der Waals surface area (Å²) in [5, 5.41) is 6.36. The Morgan fingerprint density at radius 2 is 2.00 bits per heavy atom. The molecular formula is C17H22N4O3. The highest BCUT2D eigenvalue weighted by Gasteiger charge is 2.06. The Balaban J connectivity index is 1.84. The molecule has 0 unspecified atom stereocenters. The normalized spacial score (nSPS) is 10.9. The second-order valence-electron chi connectivity index (χ2n) is 4.73. The summed E-state index contributed by atoms with van der Waals surface area (Å²) in [6.45, 7) is 1.10. The number of hydrogen-bond acceptors (Lipinski definition) is 5. The highest BCUT2D eigenvalue weighted by Crippen LogP contribution is 2.29. The van der Waals surface area contributed by atoms with E-state index in [9.17, 15) is 0 Å². The van der Waals surface area contributed by atoms with E-state index in [0.29, 0.717) is 30.6 Å². The molecule has 0 amide bonds. The third-order valence-electron chi connectivity index (χ3n) is 3.17. The van der Waals surface area contributed by atoms with Crippen molar-refractivity contribution in [2.24, 2.45) is 4.99 Å². The summed E-state index contributed by atoms with van der Waals surface area (Å²) in [4.78, 5) is 8.18. The van der Waals surface area contributed by atoms with Gasteiger partial charge in [-0.15, -0.1) is 0 Å². The molecule has 2 aromatic rings. The van der Waals surface area contributed by atoms with Gasteiger partial charge in [0.15, 0.2) is 17.5 Å². The van der Waals surface area contributed by atoms with Gasteiger partial charge >= 0.3 is 0 Å². The second kappa shape index (κ2) is 9.24. The Bertz CT molecular complexity index is 662. The van der Waals surface area contributed by atoms with Crippen LogP contribution in [0.4, 0.5) is 5.69 Å². The van der Waals surface area contributed by atoms with Gasteiger partial charge < -0.3 is 24.8 Å². The first kappa shape index (κ1) is 17.4. The number of rotatable bonds is 7. The SMILES string of the molecule is CN=C(NCCOc1cccnc1)Nc1ccc(OC)c(OC)c1. The van der Waals surface area contributed by atoms with Crippen LogP contribution in [0, 0.1) is 0 Å². The molecule has 0 saturated heterocycles. The third-order valence-corrected chi connectivity index (χ3v) is 3.17. The number of aliphatic imine (C=N–C) groups is 1. The highest BCUT2D eigenvalue weighted by molar-refractivity contribution is 5.93. The Kier molecular flexibility index (Phi) is 6.70. The summed E-state index contributed by atoms with van der Waals surface area (Å²) in [6.07, 6.45) is 3.39. The fraction of sp³-hybridized carbons (Fsp3) is 0.294. The number of nitrogens with zero attached hydrogens (tertiary/aromatic N) is 2. The molecule has 0 aliphatic carbocycles. The van der Waals surface area contributed by atoms with Crippen LogP contribution in [-0.2, 0) is 0 Å². The topological polar surface area (TPSA) is 77.0 Å². The van der Waals surface area contributed by atoms with Gasteiger partial charge in [-0.25, -0.2) is 0 Å². The summed E-state index contributed by atoms with van der Waals surface area (Å²) in [5.74, 6) is 2.70. The van der Waals surface area contributed by atoms with E-state index in [4.69, 9.17) is 14.2 Å². The zero-order chi connectivity index (χ0) is 17.2. The number of guanidine groups is 1. The smallest absolute Gasteiger partial charge is 0.195 e. The van der Waals surface area contributed by atoms with Crippen LogP contribution < -0.4 is 24.8 Å². The highest BCUT2D eigenvalue weighted by atomic mass is 16.5. The van der Waals surface area contributed by atoms with E-state index in [0.717, 1.165) is 11.4 Å². The molecule has 7 nitrogen and oxygen atoms in total. The van der Waals surface area contributed by atoms with Crippen molar-refractivity contribution in [2.75, 3.05) is 39.7 Å². The molecule has 128 valence electrons. The average molecular weight is 330 g/mol. The number of hydrogen-bond donors (Lipinski definition) is 2. The first-order valence-corrected chi connectivity index (χ1v) is 7.49. The molecule has 1 heterocycles. The van der Waals surface area contributed by atoms with Crippen LogP contribution in [0.3, 0.4) is 0 Å². The van der Waals surface area contributed by atoms with E-state index >= 15 is 0 Å². The van der Waals surface area contributed by atoms with Gasteiger partial charge in [0.25, 0.3) is 0 Å². The molecule has 0 spiro atoms. The van der Waals surface area contributed by atoms with Gasteiger partial charge in [0.2, 0.25) is 0 Å². The molecule has 1 aromatic carbocycles. The van der Waals surface area contributed by atoms with Crippen LogP contribution in [0.5, 0.6) is 17.2 Å². The van der Waals surface area contributed by atoms with E-state index in [1.54, 1.807) is 33.7 Å². The van der Waals surface area contributed by atoms with Crippen LogP contribution in [-0.4, -0.2) is 45.4 Å². The fourth-order valence-electron chi connectivity index (χ4n) is 2.00. The Hall–Kier alpha value is -2.96. The van der Waals surface area contributed by atoms with Crippen molar-refractivity contribution in [3.63, 3.8) is 0 Å². The van der Waals surface area contributed by atoms with Crippen molar-refractivity contribution in [1.82, 2.24) is 10.3 Å². The minimum atomic E-state index is 0.498. The molecule has 0 saturated carbocycles. The van der Waals surface area contributed by atoms with Gasteiger partial charge in [-0.05, 0) is 24.3 Å². The monoisotopic (exact) mass is 330 g/mol. The van der Waals surface area contributed by atoms with E-state index in [1.807, 2.05) is 30.3 Å². The summed E-state index contributed by atoms with van der Waals surface area (Å²) < 4.78 is 16.1.